The van der Waals surface area contributed by atoms with Crippen LogP contribution in [0.3, 0.4) is 0 Å². The largest absolute Gasteiger partial charge is 0.352 e. The van der Waals surface area contributed by atoms with E-state index in [1.807, 2.05) is 59.6 Å². The van der Waals surface area contributed by atoms with Crippen LogP contribution in [0.1, 0.15) is 22.6 Å². The van der Waals surface area contributed by atoms with Gasteiger partial charge in [-0.25, -0.2) is 4.68 Å². The molecule has 0 bridgehead atoms. The molecule has 0 fully saturated rings. The average molecular weight is 419 g/mol. The van der Waals surface area contributed by atoms with Crippen molar-refractivity contribution in [2.24, 2.45) is 12.0 Å². The summed E-state index contributed by atoms with van der Waals surface area (Å²) in [5.74, 6) is 0.694. The number of halogens is 2. The summed E-state index contributed by atoms with van der Waals surface area (Å²) in [5.41, 5.74) is 5.27. The Morgan fingerprint density at radius 1 is 1.11 bits per heavy atom. The van der Waals surface area contributed by atoms with E-state index in [-0.39, 0.29) is 0 Å². The first kappa shape index (κ1) is 20.3. The van der Waals surface area contributed by atoms with E-state index in [1.165, 1.54) is 0 Å². The van der Waals surface area contributed by atoms with Crippen LogP contribution in [-0.2, 0) is 20.1 Å². The van der Waals surface area contributed by atoms with Crippen molar-refractivity contribution >= 4 is 29.2 Å². The summed E-state index contributed by atoms with van der Waals surface area (Å²) in [6, 6.07) is 12.0. The second-order valence-corrected chi connectivity index (χ2v) is 7.27. The van der Waals surface area contributed by atoms with E-state index in [1.54, 1.807) is 7.05 Å². The van der Waals surface area contributed by atoms with Gasteiger partial charge in [-0.1, -0.05) is 41.4 Å². The standard InChI is InChI=1S/C20H24Cl2N6/c1-13-17(14(2)28(26-13)15-8-6-5-7-9-15)12-25-20(23-3)24-11-16-10-18(21)19(22)27(16)4/h5-10H,11-12H2,1-4H3,(H2,23,24,25). The molecule has 0 amide bonds. The van der Waals surface area contributed by atoms with Gasteiger partial charge in [0.1, 0.15) is 5.15 Å². The summed E-state index contributed by atoms with van der Waals surface area (Å²) >= 11 is 12.2. The molecule has 0 atom stereocenters. The smallest absolute Gasteiger partial charge is 0.191 e. The molecule has 3 aromatic rings. The normalized spacial score (nSPS) is 11.7. The first-order chi connectivity index (χ1) is 13.4. The Kier molecular flexibility index (Phi) is 6.31. The molecule has 0 radical (unpaired) electrons. The number of hydrogen-bond donors (Lipinski definition) is 2. The van der Waals surface area contributed by atoms with E-state index in [2.05, 4.69) is 27.6 Å². The summed E-state index contributed by atoms with van der Waals surface area (Å²) in [6.45, 7) is 5.28. The summed E-state index contributed by atoms with van der Waals surface area (Å²) in [7, 11) is 3.62. The monoisotopic (exact) mass is 418 g/mol. The highest BCUT2D eigenvalue weighted by Crippen LogP contribution is 2.25. The highest BCUT2D eigenvalue weighted by molar-refractivity contribution is 6.41. The Morgan fingerprint density at radius 2 is 1.79 bits per heavy atom. The molecule has 2 N–H and O–H groups in total. The number of benzene rings is 1. The summed E-state index contributed by atoms with van der Waals surface area (Å²) < 4.78 is 3.82. The first-order valence-electron chi connectivity index (χ1n) is 8.97. The fraction of sp³-hybridized carbons (Fsp3) is 0.300. The molecule has 0 aliphatic carbocycles. The molecule has 0 saturated heterocycles. The Labute approximate surface area is 175 Å². The minimum absolute atomic E-state index is 0.529. The van der Waals surface area contributed by atoms with Gasteiger partial charge < -0.3 is 15.2 Å². The number of hydrogen-bond acceptors (Lipinski definition) is 2. The van der Waals surface area contributed by atoms with Crippen LogP contribution in [0, 0.1) is 13.8 Å². The van der Waals surface area contributed by atoms with E-state index >= 15 is 0 Å². The van der Waals surface area contributed by atoms with Crippen LogP contribution in [0.5, 0.6) is 0 Å². The van der Waals surface area contributed by atoms with Crippen molar-refractivity contribution in [2.45, 2.75) is 26.9 Å². The van der Waals surface area contributed by atoms with E-state index in [4.69, 9.17) is 23.2 Å². The van der Waals surface area contributed by atoms with E-state index in [0.29, 0.717) is 29.2 Å². The van der Waals surface area contributed by atoms with Gasteiger partial charge in [0.2, 0.25) is 0 Å². The molecule has 28 heavy (non-hydrogen) atoms. The Balaban J connectivity index is 1.67. The van der Waals surface area contributed by atoms with Crippen LogP contribution in [-0.4, -0.2) is 27.4 Å². The van der Waals surface area contributed by atoms with Gasteiger partial charge in [-0.05, 0) is 32.0 Å². The SMILES string of the molecule is CN=C(NCc1c(C)nn(-c2ccccc2)c1C)NCc1cc(Cl)c(Cl)n1C. The number of para-hydroxylation sites is 1. The molecule has 6 nitrogen and oxygen atoms in total. The van der Waals surface area contributed by atoms with Gasteiger partial charge in [0.05, 0.1) is 22.9 Å². The highest BCUT2D eigenvalue weighted by Gasteiger charge is 2.14. The maximum atomic E-state index is 6.12. The molecule has 148 valence electrons. The summed E-state index contributed by atoms with van der Waals surface area (Å²) in [4.78, 5) is 4.29. The number of nitrogens with zero attached hydrogens (tertiary/aromatic N) is 4. The van der Waals surface area contributed by atoms with Gasteiger partial charge in [-0.3, -0.25) is 4.99 Å². The second-order valence-electron chi connectivity index (χ2n) is 6.51. The second kappa shape index (κ2) is 8.71. The number of aliphatic imine (C=N–C) groups is 1. The zero-order valence-electron chi connectivity index (χ0n) is 16.4. The number of aromatic nitrogens is 3. The van der Waals surface area contributed by atoms with Gasteiger partial charge >= 0.3 is 0 Å². The molecule has 1 aromatic carbocycles. The number of guanidine groups is 1. The van der Waals surface area contributed by atoms with Gasteiger partial charge in [-0.2, -0.15) is 5.10 Å². The van der Waals surface area contributed by atoms with Crippen molar-refractivity contribution in [1.82, 2.24) is 25.0 Å². The maximum Gasteiger partial charge on any atom is 0.191 e. The molecular weight excluding hydrogens is 395 g/mol. The molecule has 2 heterocycles. The van der Waals surface area contributed by atoms with Crippen molar-refractivity contribution in [3.8, 4) is 5.69 Å². The molecule has 0 saturated carbocycles. The third-order valence-electron chi connectivity index (χ3n) is 4.75. The van der Waals surface area contributed by atoms with Crippen LogP contribution in [0.15, 0.2) is 41.4 Å². The molecule has 0 aliphatic heterocycles. The lowest BCUT2D eigenvalue weighted by Gasteiger charge is -2.13. The molecule has 0 unspecified atom stereocenters. The van der Waals surface area contributed by atoms with Crippen molar-refractivity contribution in [2.75, 3.05) is 7.05 Å². The predicted molar refractivity (Wildman–Crippen MR) is 116 cm³/mol. The fourth-order valence-electron chi connectivity index (χ4n) is 3.08. The molecular formula is C20H24Cl2N6. The van der Waals surface area contributed by atoms with Gasteiger partial charge in [0.15, 0.2) is 5.96 Å². The van der Waals surface area contributed by atoms with Crippen molar-refractivity contribution in [1.29, 1.82) is 0 Å². The minimum Gasteiger partial charge on any atom is -0.352 e. The zero-order valence-corrected chi connectivity index (χ0v) is 17.9. The van der Waals surface area contributed by atoms with Gasteiger partial charge in [0.25, 0.3) is 0 Å². The topological polar surface area (TPSA) is 59.2 Å². The van der Waals surface area contributed by atoms with Crippen LogP contribution in [0.25, 0.3) is 5.69 Å². The lowest BCUT2D eigenvalue weighted by Crippen LogP contribution is -2.36. The van der Waals surface area contributed by atoms with Gasteiger partial charge in [-0.15, -0.1) is 0 Å². The minimum atomic E-state index is 0.529. The molecule has 0 aliphatic rings. The van der Waals surface area contributed by atoms with Crippen LogP contribution in [0.2, 0.25) is 10.2 Å². The quantitative estimate of drug-likeness (QED) is 0.486. The Morgan fingerprint density at radius 3 is 2.39 bits per heavy atom. The van der Waals surface area contributed by atoms with Gasteiger partial charge in [0, 0.05) is 37.6 Å². The fourth-order valence-corrected chi connectivity index (χ4v) is 3.49. The lowest BCUT2D eigenvalue weighted by molar-refractivity contribution is 0.748. The highest BCUT2D eigenvalue weighted by atomic mass is 35.5. The zero-order chi connectivity index (χ0) is 20.3. The Bertz CT molecular complexity index is 988. The van der Waals surface area contributed by atoms with Crippen LogP contribution >= 0.6 is 23.2 Å². The molecule has 8 heteroatoms. The average Bonchev–Trinajstić information content (AvgIpc) is 3.12. The third-order valence-corrected chi connectivity index (χ3v) is 5.59. The molecule has 0 spiro atoms. The van der Waals surface area contributed by atoms with E-state index in [0.717, 1.165) is 28.3 Å². The summed E-state index contributed by atoms with van der Waals surface area (Å²) in [6.07, 6.45) is 0. The summed E-state index contributed by atoms with van der Waals surface area (Å²) in [5, 5.41) is 12.4. The third kappa shape index (κ3) is 4.18. The maximum absolute atomic E-state index is 6.12. The van der Waals surface area contributed by atoms with E-state index < -0.39 is 0 Å². The number of rotatable bonds is 5. The Hall–Kier alpha value is -2.44. The van der Waals surface area contributed by atoms with Crippen molar-refractivity contribution in [3.63, 3.8) is 0 Å². The number of aryl methyl sites for hydroxylation is 1. The molecule has 2 aromatic heterocycles. The van der Waals surface area contributed by atoms with Crippen LogP contribution in [0.4, 0.5) is 0 Å². The molecule has 3 rings (SSSR count). The predicted octanol–water partition coefficient (Wildman–Crippen LogP) is 4.00. The number of nitrogens with one attached hydrogen (secondary N) is 2. The van der Waals surface area contributed by atoms with E-state index in [9.17, 15) is 0 Å². The van der Waals surface area contributed by atoms with Crippen LogP contribution < -0.4 is 10.6 Å². The first-order valence-corrected chi connectivity index (χ1v) is 9.72. The van der Waals surface area contributed by atoms with Crippen molar-refractivity contribution < 1.29 is 0 Å². The van der Waals surface area contributed by atoms with Crippen molar-refractivity contribution in [3.05, 3.63) is 69.2 Å². The lowest BCUT2D eigenvalue weighted by atomic mass is 10.2.